The van der Waals surface area contributed by atoms with Gasteiger partial charge >= 0.3 is 0 Å². The number of hydrogen-bond donors (Lipinski definition) is 3. The van der Waals surface area contributed by atoms with Crippen molar-refractivity contribution in [1.82, 2.24) is 10.3 Å². The van der Waals surface area contributed by atoms with Crippen molar-refractivity contribution >= 4 is 17.4 Å². The minimum atomic E-state index is -0.267. The lowest BCUT2D eigenvalue weighted by Gasteiger charge is -2.12. The minimum absolute atomic E-state index is 0.0407. The first-order chi connectivity index (χ1) is 13.2. The lowest BCUT2D eigenvalue weighted by Crippen LogP contribution is -2.21. The minimum Gasteiger partial charge on any atom is -0.492 e. The summed E-state index contributed by atoms with van der Waals surface area (Å²) in [5, 5.41) is 6.18. The fourth-order valence-corrected chi connectivity index (χ4v) is 3.21. The van der Waals surface area contributed by atoms with Gasteiger partial charge in [-0.1, -0.05) is 13.3 Å². The van der Waals surface area contributed by atoms with Crippen LogP contribution in [0.1, 0.15) is 59.0 Å². The van der Waals surface area contributed by atoms with E-state index in [0.29, 0.717) is 29.8 Å². The average molecular weight is 369 g/mol. The van der Waals surface area contributed by atoms with Crippen LogP contribution in [0.25, 0.3) is 0 Å². The van der Waals surface area contributed by atoms with E-state index in [9.17, 15) is 9.59 Å². The number of unbranched alkanes of at least 4 members (excludes halogenated alkanes) is 1. The highest BCUT2D eigenvalue weighted by Crippen LogP contribution is 2.25. The van der Waals surface area contributed by atoms with E-state index in [1.165, 1.54) is 12.8 Å². The predicted molar refractivity (Wildman–Crippen MR) is 106 cm³/mol. The summed E-state index contributed by atoms with van der Waals surface area (Å²) in [6.07, 6.45) is 6.14. The fraction of sp³-hybridized carbons (Fsp3) is 0.429. The number of nitrogens with one attached hydrogen (secondary N) is 3. The summed E-state index contributed by atoms with van der Waals surface area (Å²) in [7, 11) is 0. The molecule has 0 aliphatic heterocycles. The van der Waals surface area contributed by atoms with Gasteiger partial charge in [-0.2, -0.15) is 0 Å². The fourth-order valence-electron chi connectivity index (χ4n) is 3.21. The maximum Gasteiger partial charge on any atom is 0.257 e. The zero-order valence-corrected chi connectivity index (χ0v) is 15.8. The van der Waals surface area contributed by atoms with Gasteiger partial charge < -0.3 is 20.4 Å². The molecule has 6 heteroatoms. The van der Waals surface area contributed by atoms with E-state index in [2.05, 4.69) is 22.5 Å². The van der Waals surface area contributed by atoms with E-state index in [0.717, 1.165) is 37.4 Å². The number of Topliss-reactive ketones (excluding diaryl/α,β-unsaturated/α-hetero) is 1. The van der Waals surface area contributed by atoms with Gasteiger partial charge in [0.25, 0.3) is 5.91 Å². The third-order valence-corrected chi connectivity index (χ3v) is 4.68. The zero-order chi connectivity index (χ0) is 19.1. The van der Waals surface area contributed by atoms with Crippen LogP contribution in [0.2, 0.25) is 0 Å². The largest absolute Gasteiger partial charge is 0.492 e. The number of hydrogen-bond acceptors (Lipinski definition) is 4. The highest BCUT2D eigenvalue weighted by atomic mass is 16.5. The van der Waals surface area contributed by atoms with Gasteiger partial charge in [-0.25, -0.2) is 0 Å². The lowest BCUT2D eigenvalue weighted by atomic mass is 9.93. The van der Waals surface area contributed by atoms with Crippen LogP contribution in [0, 0.1) is 0 Å². The summed E-state index contributed by atoms with van der Waals surface area (Å²) >= 11 is 0. The molecule has 1 aliphatic carbocycles. The normalized spacial score (nSPS) is 13.3. The van der Waals surface area contributed by atoms with Crippen LogP contribution >= 0.6 is 0 Å². The Morgan fingerprint density at radius 2 is 2.00 bits per heavy atom. The maximum atomic E-state index is 12.6. The molecule has 0 fully saturated rings. The Morgan fingerprint density at radius 3 is 2.78 bits per heavy atom. The zero-order valence-electron chi connectivity index (χ0n) is 15.8. The molecule has 1 aliphatic rings. The van der Waals surface area contributed by atoms with Crippen LogP contribution in [-0.4, -0.2) is 36.4 Å². The molecule has 1 amide bonds. The molecule has 0 radical (unpaired) electrons. The molecule has 0 spiro atoms. The number of aryl methyl sites for hydroxylation is 1. The molecule has 27 heavy (non-hydrogen) atoms. The molecule has 144 valence electrons. The van der Waals surface area contributed by atoms with E-state index in [1.807, 2.05) is 12.1 Å². The second-order valence-corrected chi connectivity index (χ2v) is 6.76. The lowest BCUT2D eigenvalue weighted by molar-refractivity contribution is 0.0956. The Labute approximate surface area is 159 Å². The smallest absolute Gasteiger partial charge is 0.257 e. The number of rotatable bonds is 9. The molecule has 0 unspecified atom stereocenters. The molecular formula is C21H27N3O3. The summed E-state index contributed by atoms with van der Waals surface area (Å²) in [4.78, 5) is 27.7. The monoisotopic (exact) mass is 369 g/mol. The van der Waals surface area contributed by atoms with Crippen molar-refractivity contribution in [1.29, 1.82) is 0 Å². The number of ether oxygens (including phenoxy) is 1. The van der Waals surface area contributed by atoms with Crippen molar-refractivity contribution in [2.75, 3.05) is 25.0 Å². The van der Waals surface area contributed by atoms with E-state index in [-0.39, 0.29) is 11.7 Å². The molecule has 1 aromatic carbocycles. The number of fused-ring (bicyclic) bond motifs is 1. The molecule has 1 aromatic heterocycles. The van der Waals surface area contributed by atoms with Crippen molar-refractivity contribution in [3.8, 4) is 5.75 Å². The number of H-pyrrole nitrogens is 1. The van der Waals surface area contributed by atoms with Crippen LogP contribution in [0.5, 0.6) is 5.75 Å². The van der Waals surface area contributed by atoms with Crippen molar-refractivity contribution in [3.63, 3.8) is 0 Å². The van der Waals surface area contributed by atoms with Gasteiger partial charge in [0.2, 0.25) is 0 Å². The number of carbonyl (C=O) groups is 2. The summed E-state index contributed by atoms with van der Waals surface area (Å²) in [5.74, 6) is 0.537. The topological polar surface area (TPSA) is 83.2 Å². The molecule has 3 N–H and O–H groups in total. The van der Waals surface area contributed by atoms with Gasteiger partial charge in [-0.15, -0.1) is 0 Å². The summed E-state index contributed by atoms with van der Waals surface area (Å²) < 4.78 is 5.68. The van der Waals surface area contributed by atoms with E-state index >= 15 is 0 Å². The number of amides is 1. The van der Waals surface area contributed by atoms with Gasteiger partial charge in [0.05, 0.1) is 11.1 Å². The van der Waals surface area contributed by atoms with E-state index in [1.54, 1.807) is 18.3 Å². The highest BCUT2D eigenvalue weighted by molar-refractivity contribution is 6.13. The second kappa shape index (κ2) is 9.37. The van der Waals surface area contributed by atoms with Crippen LogP contribution in [0.3, 0.4) is 0 Å². The van der Waals surface area contributed by atoms with Gasteiger partial charge in [-0.3, -0.25) is 9.59 Å². The molecule has 6 nitrogen and oxygen atoms in total. The van der Waals surface area contributed by atoms with Gasteiger partial charge in [-0.05, 0) is 50.1 Å². The first-order valence-corrected chi connectivity index (χ1v) is 9.67. The SMILES string of the molecule is CCCCNCCOc1ccc(NC(=O)c2c[nH]c3c2C(=O)CCC3)cc1. The Morgan fingerprint density at radius 1 is 1.19 bits per heavy atom. The number of aromatic nitrogens is 1. The Balaban J connectivity index is 1.52. The molecule has 3 rings (SSSR count). The van der Waals surface area contributed by atoms with Gasteiger partial charge in [0.15, 0.2) is 5.78 Å². The van der Waals surface area contributed by atoms with Crippen molar-refractivity contribution in [2.45, 2.75) is 39.0 Å². The molecule has 1 heterocycles. The third-order valence-electron chi connectivity index (χ3n) is 4.68. The standard InChI is InChI=1S/C21H27N3O3/c1-2-3-11-22-12-13-27-16-9-7-15(8-10-16)24-21(26)17-14-23-18-5-4-6-19(25)20(17)18/h7-10,14,22-23H,2-6,11-13H2,1H3,(H,24,26). The number of ketones is 1. The van der Waals surface area contributed by atoms with Crippen molar-refractivity contribution < 1.29 is 14.3 Å². The molecular weight excluding hydrogens is 342 g/mol. The van der Waals surface area contributed by atoms with Crippen LogP contribution < -0.4 is 15.4 Å². The highest BCUT2D eigenvalue weighted by Gasteiger charge is 2.25. The van der Waals surface area contributed by atoms with E-state index < -0.39 is 0 Å². The first-order valence-electron chi connectivity index (χ1n) is 9.67. The number of carbonyl (C=O) groups excluding carboxylic acids is 2. The van der Waals surface area contributed by atoms with Crippen molar-refractivity contribution in [2.24, 2.45) is 0 Å². The maximum absolute atomic E-state index is 12.6. The summed E-state index contributed by atoms with van der Waals surface area (Å²) in [5.41, 5.74) is 2.52. The summed E-state index contributed by atoms with van der Waals surface area (Å²) in [6.45, 7) is 4.59. The van der Waals surface area contributed by atoms with Crippen molar-refractivity contribution in [3.05, 3.63) is 47.3 Å². The molecule has 0 saturated carbocycles. The van der Waals surface area contributed by atoms with Gasteiger partial charge in [0.1, 0.15) is 12.4 Å². The van der Waals surface area contributed by atoms with Crippen LogP contribution in [-0.2, 0) is 6.42 Å². The predicted octanol–water partition coefficient (Wildman–Crippen LogP) is 3.55. The quantitative estimate of drug-likeness (QED) is 0.590. The molecule has 0 bridgehead atoms. The molecule has 0 atom stereocenters. The van der Waals surface area contributed by atoms with Gasteiger partial charge in [0, 0.05) is 30.5 Å². The third kappa shape index (κ3) is 4.98. The first kappa shape index (κ1) is 19.2. The molecule has 0 saturated heterocycles. The Hall–Kier alpha value is -2.60. The second-order valence-electron chi connectivity index (χ2n) is 6.76. The number of benzene rings is 1. The Bertz CT molecular complexity index is 780. The van der Waals surface area contributed by atoms with Crippen LogP contribution in [0.4, 0.5) is 5.69 Å². The molecule has 2 aromatic rings. The number of anilines is 1. The summed E-state index contributed by atoms with van der Waals surface area (Å²) in [6, 6.07) is 7.27. The average Bonchev–Trinajstić information content (AvgIpc) is 3.11. The Kier molecular flexibility index (Phi) is 6.65. The van der Waals surface area contributed by atoms with Crippen LogP contribution in [0.15, 0.2) is 30.5 Å². The van der Waals surface area contributed by atoms with E-state index in [4.69, 9.17) is 4.74 Å². The number of aromatic amines is 1.